The minimum Gasteiger partial charge on any atom is -0.381 e. The van der Waals surface area contributed by atoms with E-state index in [2.05, 4.69) is 26.4 Å². The van der Waals surface area contributed by atoms with Gasteiger partial charge in [0.05, 0.1) is 6.20 Å². The SMILES string of the molecule is Cc1cc(N2CCC(C(=O)NC3CCOCC3)CC2)n2nccc2n1. The summed E-state index contributed by atoms with van der Waals surface area (Å²) in [7, 11) is 0. The van der Waals surface area contributed by atoms with E-state index in [4.69, 9.17) is 4.74 Å². The Morgan fingerprint density at radius 3 is 2.76 bits per heavy atom. The van der Waals surface area contributed by atoms with Crippen LogP contribution in [0, 0.1) is 12.8 Å². The molecule has 7 nitrogen and oxygen atoms in total. The number of ether oxygens (including phenoxy) is 1. The van der Waals surface area contributed by atoms with Crippen molar-refractivity contribution >= 4 is 17.4 Å². The Labute approximate surface area is 147 Å². The number of nitrogens with one attached hydrogen (secondary N) is 1. The van der Waals surface area contributed by atoms with E-state index in [1.165, 1.54) is 0 Å². The number of fused-ring (bicyclic) bond motifs is 1. The molecule has 25 heavy (non-hydrogen) atoms. The molecule has 134 valence electrons. The normalized spacial score (nSPS) is 20.1. The Kier molecular flexibility index (Phi) is 4.57. The predicted octanol–water partition coefficient (Wildman–Crippen LogP) is 1.55. The van der Waals surface area contributed by atoms with E-state index in [9.17, 15) is 4.79 Å². The number of aromatic nitrogens is 3. The Bertz CT molecular complexity index is 745. The zero-order chi connectivity index (χ0) is 17.2. The molecule has 2 aliphatic rings. The summed E-state index contributed by atoms with van der Waals surface area (Å²) >= 11 is 0. The van der Waals surface area contributed by atoms with Crippen LogP contribution in [0.3, 0.4) is 0 Å². The molecular weight excluding hydrogens is 318 g/mol. The first-order chi connectivity index (χ1) is 12.2. The van der Waals surface area contributed by atoms with Crippen LogP contribution in [0.4, 0.5) is 5.82 Å². The summed E-state index contributed by atoms with van der Waals surface area (Å²) in [6, 6.07) is 4.28. The van der Waals surface area contributed by atoms with Crippen molar-refractivity contribution < 1.29 is 9.53 Å². The lowest BCUT2D eigenvalue weighted by Gasteiger charge is -2.34. The van der Waals surface area contributed by atoms with Crippen molar-refractivity contribution in [2.45, 2.75) is 38.6 Å². The fraction of sp³-hybridized carbons (Fsp3) is 0.611. The second-order valence-corrected chi connectivity index (χ2v) is 7.01. The van der Waals surface area contributed by atoms with E-state index in [1.807, 2.05) is 17.5 Å². The molecule has 2 aromatic heterocycles. The Morgan fingerprint density at radius 1 is 1.24 bits per heavy atom. The third-order valence-corrected chi connectivity index (χ3v) is 5.23. The zero-order valence-electron chi connectivity index (χ0n) is 14.6. The topological polar surface area (TPSA) is 71.8 Å². The molecule has 0 atom stereocenters. The number of anilines is 1. The van der Waals surface area contributed by atoms with Gasteiger partial charge in [-0.2, -0.15) is 9.61 Å². The average molecular weight is 343 g/mol. The molecule has 1 amide bonds. The Balaban J connectivity index is 1.39. The van der Waals surface area contributed by atoms with Crippen LogP contribution in [0.2, 0.25) is 0 Å². The first kappa shape index (κ1) is 16.3. The van der Waals surface area contributed by atoms with Crippen molar-refractivity contribution in [3.63, 3.8) is 0 Å². The van der Waals surface area contributed by atoms with Gasteiger partial charge in [0.2, 0.25) is 5.91 Å². The second kappa shape index (κ2) is 7.00. The summed E-state index contributed by atoms with van der Waals surface area (Å²) in [6.07, 6.45) is 5.38. The van der Waals surface area contributed by atoms with Crippen molar-refractivity contribution in [2.75, 3.05) is 31.2 Å². The second-order valence-electron chi connectivity index (χ2n) is 7.01. The molecular formula is C18H25N5O2. The van der Waals surface area contributed by atoms with Gasteiger partial charge in [-0.1, -0.05) is 0 Å². The molecule has 0 aliphatic carbocycles. The van der Waals surface area contributed by atoms with Crippen molar-refractivity contribution in [2.24, 2.45) is 5.92 Å². The molecule has 2 saturated heterocycles. The van der Waals surface area contributed by atoms with Gasteiger partial charge in [-0.15, -0.1) is 0 Å². The average Bonchev–Trinajstić information content (AvgIpc) is 3.10. The standard InChI is InChI=1S/C18H25N5O2/c1-13-12-17(23-16(20-13)2-7-19-23)22-8-3-14(4-9-22)18(24)21-15-5-10-25-11-6-15/h2,7,12,14-15H,3-6,8-11H2,1H3,(H,21,24). The van der Waals surface area contributed by atoms with Gasteiger partial charge < -0.3 is 15.0 Å². The predicted molar refractivity (Wildman–Crippen MR) is 94.6 cm³/mol. The molecule has 2 fully saturated rings. The highest BCUT2D eigenvalue weighted by Gasteiger charge is 2.28. The monoisotopic (exact) mass is 343 g/mol. The van der Waals surface area contributed by atoms with Gasteiger partial charge in [0, 0.05) is 56.1 Å². The van der Waals surface area contributed by atoms with Crippen molar-refractivity contribution in [3.05, 3.63) is 24.0 Å². The fourth-order valence-corrected chi connectivity index (χ4v) is 3.78. The third-order valence-electron chi connectivity index (χ3n) is 5.23. The number of hydrogen-bond donors (Lipinski definition) is 1. The summed E-state index contributed by atoms with van der Waals surface area (Å²) in [5.74, 6) is 1.38. The summed E-state index contributed by atoms with van der Waals surface area (Å²) in [5, 5.41) is 7.60. The highest BCUT2D eigenvalue weighted by molar-refractivity contribution is 5.79. The number of carbonyl (C=O) groups is 1. The number of hydrogen-bond acceptors (Lipinski definition) is 5. The van der Waals surface area contributed by atoms with Gasteiger partial charge in [0.15, 0.2) is 5.65 Å². The number of nitrogens with zero attached hydrogens (tertiary/aromatic N) is 4. The highest BCUT2D eigenvalue weighted by Crippen LogP contribution is 2.24. The maximum atomic E-state index is 12.5. The number of carbonyl (C=O) groups excluding carboxylic acids is 1. The van der Waals surface area contributed by atoms with Crippen LogP contribution in [0.25, 0.3) is 5.65 Å². The molecule has 0 saturated carbocycles. The highest BCUT2D eigenvalue weighted by atomic mass is 16.5. The minimum absolute atomic E-state index is 0.107. The summed E-state index contributed by atoms with van der Waals surface area (Å²) in [5.41, 5.74) is 1.86. The van der Waals surface area contributed by atoms with Crippen LogP contribution < -0.4 is 10.2 Å². The van der Waals surface area contributed by atoms with Gasteiger partial charge in [-0.05, 0) is 32.6 Å². The molecule has 2 aliphatic heterocycles. The van der Waals surface area contributed by atoms with E-state index < -0.39 is 0 Å². The molecule has 0 radical (unpaired) electrons. The molecule has 7 heteroatoms. The molecule has 1 N–H and O–H groups in total. The molecule has 0 spiro atoms. The van der Waals surface area contributed by atoms with Crippen LogP contribution in [0.15, 0.2) is 18.3 Å². The van der Waals surface area contributed by atoms with Gasteiger partial charge >= 0.3 is 0 Å². The Hall–Kier alpha value is -2.15. The van der Waals surface area contributed by atoms with Crippen molar-refractivity contribution in [3.8, 4) is 0 Å². The summed E-state index contributed by atoms with van der Waals surface area (Å²) in [4.78, 5) is 19.3. The summed E-state index contributed by atoms with van der Waals surface area (Å²) < 4.78 is 7.24. The van der Waals surface area contributed by atoms with E-state index in [0.29, 0.717) is 0 Å². The number of piperidine rings is 1. The van der Waals surface area contributed by atoms with Crippen LogP contribution in [-0.2, 0) is 9.53 Å². The molecule has 4 rings (SSSR count). The first-order valence-electron chi connectivity index (χ1n) is 9.15. The van der Waals surface area contributed by atoms with Crippen LogP contribution in [0.1, 0.15) is 31.4 Å². The van der Waals surface area contributed by atoms with Crippen LogP contribution >= 0.6 is 0 Å². The number of aryl methyl sites for hydroxylation is 1. The Morgan fingerprint density at radius 2 is 2.00 bits per heavy atom. The smallest absolute Gasteiger partial charge is 0.223 e. The lowest BCUT2D eigenvalue weighted by molar-refractivity contribution is -0.126. The maximum Gasteiger partial charge on any atom is 0.223 e. The molecule has 0 unspecified atom stereocenters. The van der Waals surface area contributed by atoms with Crippen LogP contribution in [-0.4, -0.2) is 52.9 Å². The molecule has 0 bridgehead atoms. The third kappa shape index (κ3) is 3.46. The van der Waals surface area contributed by atoms with E-state index in [-0.39, 0.29) is 17.9 Å². The first-order valence-corrected chi connectivity index (χ1v) is 9.15. The van der Waals surface area contributed by atoms with Gasteiger partial charge in [0.25, 0.3) is 0 Å². The van der Waals surface area contributed by atoms with E-state index in [1.54, 1.807) is 6.20 Å². The van der Waals surface area contributed by atoms with E-state index >= 15 is 0 Å². The lowest BCUT2D eigenvalue weighted by atomic mass is 9.95. The number of rotatable bonds is 3. The quantitative estimate of drug-likeness (QED) is 0.915. The summed E-state index contributed by atoms with van der Waals surface area (Å²) in [6.45, 7) is 5.24. The largest absolute Gasteiger partial charge is 0.381 e. The van der Waals surface area contributed by atoms with Gasteiger partial charge in [-0.3, -0.25) is 4.79 Å². The molecule has 4 heterocycles. The van der Waals surface area contributed by atoms with E-state index in [0.717, 1.165) is 69.1 Å². The lowest BCUT2D eigenvalue weighted by Crippen LogP contribution is -2.45. The van der Waals surface area contributed by atoms with Gasteiger partial charge in [0.1, 0.15) is 5.82 Å². The fourth-order valence-electron chi connectivity index (χ4n) is 3.78. The number of amides is 1. The van der Waals surface area contributed by atoms with Crippen molar-refractivity contribution in [1.82, 2.24) is 19.9 Å². The molecule has 2 aromatic rings. The van der Waals surface area contributed by atoms with Crippen molar-refractivity contribution in [1.29, 1.82) is 0 Å². The maximum absolute atomic E-state index is 12.5. The van der Waals surface area contributed by atoms with Crippen LogP contribution in [0.5, 0.6) is 0 Å². The molecule has 0 aromatic carbocycles. The minimum atomic E-state index is 0.107. The van der Waals surface area contributed by atoms with Gasteiger partial charge in [-0.25, -0.2) is 4.98 Å². The zero-order valence-corrected chi connectivity index (χ0v) is 14.6.